The molecule has 2 aromatic heterocycles. The summed E-state index contributed by atoms with van der Waals surface area (Å²) in [5, 5.41) is 4.36. The number of carbonyl (C=O) groups excluding carboxylic acids is 1. The number of hydrogen-bond acceptors (Lipinski definition) is 5. The third-order valence-corrected chi connectivity index (χ3v) is 4.93. The summed E-state index contributed by atoms with van der Waals surface area (Å²) in [7, 11) is 0. The Morgan fingerprint density at radius 2 is 2.09 bits per heavy atom. The largest absolute Gasteiger partial charge is 0.332 e. The summed E-state index contributed by atoms with van der Waals surface area (Å²) < 4.78 is 1.64. The van der Waals surface area contributed by atoms with Gasteiger partial charge in [-0.1, -0.05) is 0 Å². The van der Waals surface area contributed by atoms with Crippen LogP contribution in [-0.4, -0.2) is 67.5 Å². The van der Waals surface area contributed by atoms with Crippen molar-refractivity contribution in [2.45, 2.75) is 38.6 Å². The van der Waals surface area contributed by atoms with E-state index in [9.17, 15) is 4.79 Å². The number of aryl methyl sites for hydroxylation is 1. The van der Waals surface area contributed by atoms with E-state index in [4.69, 9.17) is 0 Å². The van der Waals surface area contributed by atoms with Gasteiger partial charge in [0.2, 0.25) is 5.82 Å². The van der Waals surface area contributed by atoms with Gasteiger partial charge in [0.05, 0.1) is 0 Å². The molecule has 7 nitrogen and oxygen atoms in total. The predicted molar refractivity (Wildman–Crippen MR) is 85.3 cm³/mol. The summed E-state index contributed by atoms with van der Waals surface area (Å²) in [4.78, 5) is 25.8. The lowest BCUT2D eigenvalue weighted by molar-refractivity contribution is 0.0696. The lowest BCUT2D eigenvalue weighted by Gasteiger charge is -2.27. The van der Waals surface area contributed by atoms with Crippen LogP contribution in [0.3, 0.4) is 0 Å². The van der Waals surface area contributed by atoms with Crippen LogP contribution in [0.1, 0.15) is 42.0 Å². The topological polar surface area (TPSA) is 66.6 Å². The molecule has 0 bridgehead atoms. The highest BCUT2D eigenvalue weighted by Crippen LogP contribution is 2.22. The van der Waals surface area contributed by atoms with Gasteiger partial charge in [0.15, 0.2) is 0 Å². The molecule has 122 valence electrons. The second-order valence-corrected chi connectivity index (χ2v) is 6.54. The van der Waals surface area contributed by atoms with Crippen LogP contribution in [0.25, 0.3) is 5.78 Å². The van der Waals surface area contributed by atoms with E-state index in [0.717, 1.165) is 44.7 Å². The van der Waals surface area contributed by atoms with Crippen LogP contribution in [0, 0.1) is 6.92 Å². The molecule has 1 amide bonds. The molecule has 0 N–H and O–H groups in total. The van der Waals surface area contributed by atoms with Crippen LogP contribution in [0.4, 0.5) is 0 Å². The first-order chi connectivity index (χ1) is 11.2. The zero-order valence-electron chi connectivity index (χ0n) is 13.5. The number of rotatable bonds is 3. The number of carbonyl (C=O) groups is 1. The lowest BCUT2D eigenvalue weighted by Crippen LogP contribution is -2.42. The summed E-state index contributed by atoms with van der Waals surface area (Å²) in [6, 6.07) is 2.16. The van der Waals surface area contributed by atoms with Crippen molar-refractivity contribution in [2.75, 3.05) is 26.2 Å². The van der Waals surface area contributed by atoms with Gasteiger partial charge in [-0.05, 0) is 51.8 Å². The third kappa shape index (κ3) is 2.69. The van der Waals surface area contributed by atoms with Gasteiger partial charge in [0.25, 0.3) is 11.7 Å². The van der Waals surface area contributed by atoms with E-state index >= 15 is 0 Å². The van der Waals surface area contributed by atoms with Gasteiger partial charge in [0, 0.05) is 31.0 Å². The molecule has 0 saturated carbocycles. The van der Waals surface area contributed by atoms with E-state index in [2.05, 4.69) is 20.0 Å². The number of aromatic nitrogens is 4. The van der Waals surface area contributed by atoms with Crippen LogP contribution in [0.5, 0.6) is 0 Å². The SMILES string of the molecule is Cc1ccnc2nc(C(=O)N3CCC[C@H]3CN3CCCC3)nn12. The van der Waals surface area contributed by atoms with Gasteiger partial charge < -0.3 is 9.80 Å². The summed E-state index contributed by atoms with van der Waals surface area (Å²) in [5.41, 5.74) is 0.927. The van der Waals surface area contributed by atoms with Crippen molar-refractivity contribution >= 4 is 11.7 Å². The summed E-state index contributed by atoms with van der Waals surface area (Å²) in [6.45, 7) is 6.04. The first-order valence-electron chi connectivity index (χ1n) is 8.44. The van der Waals surface area contributed by atoms with Gasteiger partial charge >= 0.3 is 0 Å². The highest BCUT2D eigenvalue weighted by molar-refractivity contribution is 5.91. The Hall–Kier alpha value is -2.02. The average Bonchev–Trinajstić information content (AvgIpc) is 3.27. The Kier molecular flexibility index (Phi) is 3.72. The predicted octanol–water partition coefficient (Wildman–Crippen LogP) is 1.13. The summed E-state index contributed by atoms with van der Waals surface area (Å²) >= 11 is 0. The Bertz CT molecular complexity index is 720. The molecule has 2 fully saturated rings. The minimum absolute atomic E-state index is 0.0587. The van der Waals surface area contributed by atoms with Crippen LogP contribution < -0.4 is 0 Å². The first-order valence-corrected chi connectivity index (χ1v) is 8.44. The number of hydrogen-bond donors (Lipinski definition) is 0. The molecule has 1 atom stereocenters. The Balaban J connectivity index is 1.55. The molecule has 2 saturated heterocycles. The maximum atomic E-state index is 12.9. The van der Waals surface area contributed by atoms with Crippen molar-refractivity contribution in [3.8, 4) is 0 Å². The number of amides is 1. The molecular formula is C16H22N6O. The maximum absolute atomic E-state index is 12.9. The second-order valence-electron chi connectivity index (χ2n) is 6.54. The van der Waals surface area contributed by atoms with Gasteiger partial charge in [-0.2, -0.15) is 4.98 Å². The fourth-order valence-corrected chi connectivity index (χ4v) is 3.68. The van der Waals surface area contributed by atoms with Crippen LogP contribution in [-0.2, 0) is 0 Å². The minimum atomic E-state index is -0.0587. The molecule has 4 rings (SSSR count). The zero-order chi connectivity index (χ0) is 15.8. The quantitative estimate of drug-likeness (QED) is 0.850. The molecule has 0 spiro atoms. The first kappa shape index (κ1) is 14.6. The second kappa shape index (κ2) is 5.88. The van der Waals surface area contributed by atoms with Gasteiger partial charge in [-0.15, -0.1) is 5.10 Å². The molecule has 23 heavy (non-hydrogen) atoms. The molecule has 2 aliphatic heterocycles. The fraction of sp³-hybridized carbons (Fsp3) is 0.625. The lowest BCUT2D eigenvalue weighted by atomic mass is 10.2. The fourth-order valence-electron chi connectivity index (χ4n) is 3.68. The Morgan fingerprint density at radius 3 is 2.87 bits per heavy atom. The average molecular weight is 314 g/mol. The Labute approximate surface area is 135 Å². The molecular weight excluding hydrogens is 292 g/mol. The van der Waals surface area contributed by atoms with Crippen molar-refractivity contribution < 1.29 is 4.79 Å². The van der Waals surface area contributed by atoms with Crippen LogP contribution in [0.15, 0.2) is 12.3 Å². The van der Waals surface area contributed by atoms with E-state index in [1.54, 1.807) is 10.7 Å². The van der Waals surface area contributed by atoms with E-state index in [-0.39, 0.29) is 11.7 Å². The molecule has 0 radical (unpaired) electrons. The standard InChI is InChI=1S/C16H22N6O/c1-12-6-7-17-16-18-14(19-22(12)16)15(23)21-10-4-5-13(21)11-20-8-2-3-9-20/h6-7,13H,2-5,8-11H2,1H3/t13-/m0/s1. The van der Waals surface area contributed by atoms with E-state index < -0.39 is 0 Å². The summed E-state index contributed by atoms with van der Waals surface area (Å²) in [5.74, 6) is 0.695. The molecule has 0 unspecified atom stereocenters. The van der Waals surface area contributed by atoms with Gasteiger partial charge in [-0.3, -0.25) is 4.79 Å². The molecule has 7 heteroatoms. The zero-order valence-corrected chi connectivity index (χ0v) is 13.5. The maximum Gasteiger partial charge on any atom is 0.293 e. The van der Waals surface area contributed by atoms with Crippen molar-refractivity contribution in [2.24, 2.45) is 0 Å². The number of fused-ring (bicyclic) bond motifs is 1. The van der Waals surface area contributed by atoms with E-state index in [1.807, 2.05) is 17.9 Å². The van der Waals surface area contributed by atoms with Crippen molar-refractivity contribution in [1.82, 2.24) is 29.4 Å². The number of nitrogens with zero attached hydrogens (tertiary/aromatic N) is 6. The molecule has 0 aliphatic carbocycles. The molecule has 4 heterocycles. The van der Waals surface area contributed by atoms with Crippen LogP contribution >= 0.6 is 0 Å². The minimum Gasteiger partial charge on any atom is -0.332 e. The smallest absolute Gasteiger partial charge is 0.293 e. The van der Waals surface area contributed by atoms with Crippen molar-refractivity contribution in [3.05, 3.63) is 23.8 Å². The normalized spacial score (nSPS) is 22.3. The molecule has 2 aromatic rings. The summed E-state index contributed by atoms with van der Waals surface area (Å²) in [6.07, 6.45) is 6.39. The monoisotopic (exact) mass is 314 g/mol. The molecule has 0 aromatic carbocycles. The highest BCUT2D eigenvalue weighted by atomic mass is 16.2. The highest BCUT2D eigenvalue weighted by Gasteiger charge is 2.33. The van der Waals surface area contributed by atoms with Crippen LogP contribution in [0.2, 0.25) is 0 Å². The van der Waals surface area contributed by atoms with Gasteiger partial charge in [-0.25, -0.2) is 9.50 Å². The van der Waals surface area contributed by atoms with Gasteiger partial charge in [0.1, 0.15) is 0 Å². The third-order valence-electron chi connectivity index (χ3n) is 4.93. The number of likely N-dealkylation sites (tertiary alicyclic amines) is 2. The van der Waals surface area contributed by atoms with Crippen molar-refractivity contribution in [1.29, 1.82) is 0 Å². The van der Waals surface area contributed by atoms with Crippen molar-refractivity contribution in [3.63, 3.8) is 0 Å². The van der Waals surface area contributed by atoms with E-state index in [1.165, 1.54) is 12.8 Å². The Morgan fingerprint density at radius 1 is 1.26 bits per heavy atom. The van der Waals surface area contributed by atoms with E-state index in [0.29, 0.717) is 11.8 Å². The molecule has 2 aliphatic rings.